The number of hydrogen-bond donors (Lipinski definition) is 3. The normalized spacial score (nSPS) is 19.6. The van der Waals surface area contributed by atoms with Gasteiger partial charge in [0.2, 0.25) is 0 Å². The Bertz CT molecular complexity index is 690. The summed E-state index contributed by atoms with van der Waals surface area (Å²) >= 11 is 0. The zero-order chi connectivity index (χ0) is 17.5. The molecular weight excluding hydrogens is 314 g/mol. The van der Waals surface area contributed by atoms with Gasteiger partial charge in [0.25, 0.3) is 5.91 Å². The van der Waals surface area contributed by atoms with E-state index >= 15 is 0 Å². The van der Waals surface area contributed by atoms with Gasteiger partial charge in [0.15, 0.2) is 0 Å². The van der Waals surface area contributed by atoms with E-state index in [0.717, 1.165) is 30.5 Å². The maximum atomic E-state index is 12.3. The monoisotopic (exact) mass is 339 g/mol. The van der Waals surface area contributed by atoms with Gasteiger partial charge in [-0.3, -0.25) is 9.78 Å². The van der Waals surface area contributed by atoms with E-state index in [1.807, 2.05) is 36.4 Å². The highest BCUT2D eigenvalue weighted by molar-refractivity contribution is 5.93. The molecule has 0 radical (unpaired) electrons. The number of carbonyl (C=O) groups excluding carboxylic acids is 1. The second-order valence-electron chi connectivity index (χ2n) is 6.55. The Hall–Kier alpha value is -2.40. The van der Waals surface area contributed by atoms with Crippen LogP contribution in [0, 0.1) is 5.92 Å². The zero-order valence-corrected chi connectivity index (χ0v) is 14.3. The fourth-order valence-corrected chi connectivity index (χ4v) is 3.47. The first-order valence-electron chi connectivity index (χ1n) is 8.92. The van der Waals surface area contributed by atoms with E-state index in [1.165, 1.54) is 6.42 Å². The summed E-state index contributed by atoms with van der Waals surface area (Å²) in [6.07, 6.45) is 5.91. The van der Waals surface area contributed by atoms with Crippen LogP contribution in [0.15, 0.2) is 48.7 Å². The number of amides is 1. The lowest BCUT2D eigenvalue weighted by Crippen LogP contribution is -2.26. The maximum absolute atomic E-state index is 12.3. The first-order chi connectivity index (χ1) is 12.3. The molecule has 25 heavy (non-hydrogen) atoms. The molecule has 1 fully saturated rings. The molecule has 1 aliphatic carbocycles. The summed E-state index contributed by atoms with van der Waals surface area (Å²) in [6.45, 7) is 0.715. The molecule has 0 saturated heterocycles. The van der Waals surface area contributed by atoms with Crippen LogP contribution in [0.5, 0.6) is 0 Å². The van der Waals surface area contributed by atoms with Gasteiger partial charge in [-0.1, -0.05) is 36.8 Å². The van der Waals surface area contributed by atoms with Crippen molar-refractivity contribution in [2.75, 3.05) is 11.9 Å². The third-order valence-electron chi connectivity index (χ3n) is 4.80. The Morgan fingerprint density at radius 3 is 2.84 bits per heavy atom. The van der Waals surface area contributed by atoms with E-state index in [1.54, 1.807) is 12.3 Å². The lowest BCUT2D eigenvalue weighted by Gasteiger charge is -2.21. The topological polar surface area (TPSA) is 74.2 Å². The van der Waals surface area contributed by atoms with Crippen LogP contribution in [-0.2, 0) is 6.54 Å². The van der Waals surface area contributed by atoms with Gasteiger partial charge < -0.3 is 15.7 Å². The molecule has 0 spiro atoms. The minimum Gasteiger partial charge on any atom is -0.396 e. The molecule has 1 heterocycles. The molecule has 1 amide bonds. The number of hydrogen-bond acceptors (Lipinski definition) is 4. The fraction of sp³-hybridized carbons (Fsp3) is 0.400. The van der Waals surface area contributed by atoms with Crippen LogP contribution < -0.4 is 10.6 Å². The Balaban J connectivity index is 1.60. The third-order valence-corrected chi connectivity index (χ3v) is 4.80. The molecule has 132 valence electrons. The van der Waals surface area contributed by atoms with Gasteiger partial charge >= 0.3 is 0 Å². The molecule has 2 aromatic rings. The molecule has 2 unspecified atom stereocenters. The van der Waals surface area contributed by atoms with Crippen molar-refractivity contribution in [2.45, 2.75) is 38.3 Å². The lowest BCUT2D eigenvalue weighted by molar-refractivity contribution is 0.0946. The van der Waals surface area contributed by atoms with Crippen LogP contribution in [0.1, 0.15) is 41.7 Å². The quantitative estimate of drug-likeness (QED) is 0.725. The second-order valence-corrected chi connectivity index (χ2v) is 6.55. The molecule has 5 nitrogen and oxygen atoms in total. The van der Waals surface area contributed by atoms with Gasteiger partial charge in [-0.25, -0.2) is 0 Å². The molecule has 3 rings (SSSR count). The number of rotatable bonds is 7. The number of benzene rings is 1. The number of aliphatic hydroxyl groups excluding tert-OH is 1. The summed E-state index contributed by atoms with van der Waals surface area (Å²) in [6, 6.07) is 13.9. The molecule has 0 aliphatic heterocycles. The average molecular weight is 339 g/mol. The smallest absolute Gasteiger partial charge is 0.270 e. The van der Waals surface area contributed by atoms with Crippen LogP contribution in [-0.4, -0.2) is 28.6 Å². The molecule has 1 aliphatic rings. The standard InChI is InChI=1S/C20H25N3O2/c24-12-10-16-7-4-8-18(16)23-17-9-11-21-19(13-17)20(25)22-14-15-5-2-1-3-6-15/h1-3,5-6,9,11,13,16,18,24H,4,7-8,10,12,14H2,(H,21,23)(H,22,25). The van der Waals surface area contributed by atoms with E-state index in [9.17, 15) is 9.90 Å². The van der Waals surface area contributed by atoms with E-state index < -0.39 is 0 Å². The maximum Gasteiger partial charge on any atom is 0.270 e. The minimum absolute atomic E-state index is 0.175. The highest BCUT2D eigenvalue weighted by Crippen LogP contribution is 2.30. The molecule has 1 aromatic heterocycles. The number of carbonyl (C=O) groups is 1. The Morgan fingerprint density at radius 2 is 2.04 bits per heavy atom. The second kappa shape index (κ2) is 8.62. The summed E-state index contributed by atoms with van der Waals surface area (Å²) in [7, 11) is 0. The van der Waals surface area contributed by atoms with Crippen molar-refractivity contribution in [3.05, 3.63) is 59.9 Å². The number of aromatic nitrogens is 1. The Kier molecular flexibility index (Phi) is 6.01. The molecular formula is C20H25N3O2. The number of pyridine rings is 1. The van der Waals surface area contributed by atoms with Crippen LogP contribution in [0.2, 0.25) is 0 Å². The van der Waals surface area contributed by atoms with Crippen molar-refractivity contribution in [3.8, 4) is 0 Å². The minimum atomic E-state index is -0.175. The van der Waals surface area contributed by atoms with Gasteiger partial charge in [0, 0.05) is 31.1 Å². The highest BCUT2D eigenvalue weighted by Gasteiger charge is 2.26. The van der Waals surface area contributed by atoms with Gasteiger partial charge in [-0.2, -0.15) is 0 Å². The van der Waals surface area contributed by atoms with Crippen molar-refractivity contribution in [2.24, 2.45) is 5.92 Å². The van der Waals surface area contributed by atoms with Gasteiger partial charge in [0.1, 0.15) is 5.69 Å². The number of aliphatic hydroxyl groups is 1. The van der Waals surface area contributed by atoms with Gasteiger partial charge in [0.05, 0.1) is 0 Å². The summed E-state index contributed by atoms with van der Waals surface area (Å²) in [5.74, 6) is 0.319. The van der Waals surface area contributed by atoms with Crippen LogP contribution in [0.4, 0.5) is 5.69 Å². The SMILES string of the molecule is O=C(NCc1ccccc1)c1cc(NC2CCCC2CCO)ccn1. The van der Waals surface area contributed by atoms with E-state index in [4.69, 9.17) is 0 Å². The number of nitrogens with one attached hydrogen (secondary N) is 2. The predicted octanol–water partition coefficient (Wildman–Crippen LogP) is 2.97. The highest BCUT2D eigenvalue weighted by atomic mass is 16.3. The Morgan fingerprint density at radius 1 is 1.20 bits per heavy atom. The molecule has 5 heteroatoms. The largest absolute Gasteiger partial charge is 0.396 e. The molecule has 1 saturated carbocycles. The van der Waals surface area contributed by atoms with Crippen molar-refractivity contribution in [1.29, 1.82) is 0 Å². The van der Waals surface area contributed by atoms with Crippen LogP contribution in [0.25, 0.3) is 0 Å². The summed E-state index contributed by atoms with van der Waals surface area (Å²) in [5, 5.41) is 15.6. The number of nitrogens with zero attached hydrogens (tertiary/aromatic N) is 1. The molecule has 3 N–H and O–H groups in total. The van der Waals surface area contributed by atoms with Crippen molar-refractivity contribution < 1.29 is 9.90 Å². The van der Waals surface area contributed by atoms with Crippen LogP contribution >= 0.6 is 0 Å². The molecule has 2 atom stereocenters. The molecule has 0 bridgehead atoms. The van der Waals surface area contributed by atoms with E-state index in [-0.39, 0.29) is 12.5 Å². The first kappa shape index (κ1) is 17.4. The molecule has 1 aromatic carbocycles. The zero-order valence-electron chi connectivity index (χ0n) is 14.3. The summed E-state index contributed by atoms with van der Waals surface area (Å²) in [5.41, 5.74) is 2.38. The average Bonchev–Trinajstić information content (AvgIpc) is 3.08. The van der Waals surface area contributed by atoms with Crippen molar-refractivity contribution in [1.82, 2.24) is 10.3 Å². The summed E-state index contributed by atoms with van der Waals surface area (Å²) in [4.78, 5) is 16.5. The van der Waals surface area contributed by atoms with Crippen molar-refractivity contribution in [3.63, 3.8) is 0 Å². The van der Waals surface area contributed by atoms with Crippen LogP contribution in [0.3, 0.4) is 0 Å². The predicted molar refractivity (Wildman–Crippen MR) is 98.3 cm³/mol. The number of anilines is 1. The Labute approximate surface area is 148 Å². The third kappa shape index (κ3) is 4.79. The summed E-state index contributed by atoms with van der Waals surface area (Å²) < 4.78 is 0. The fourth-order valence-electron chi connectivity index (χ4n) is 3.47. The van der Waals surface area contributed by atoms with Crippen molar-refractivity contribution >= 4 is 11.6 Å². The lowest BCUT2D eigenvalue weighted by atomic mass is 10.00. The van der Waals surface area contributed by atoms with E-state index in [0.29, 0.717) is 24.2 Å². The first-order valence-corrected chi connectivity index (χ1v) is 8.92. The van der Waals surface area contributed by atoms with E-state index in [2.05, 4.69) is 15.6 Å². The van der Waals surface area contributed by atoms with Gasteiger partial charge in [-0.15, -0.1) is 0 Å². The van der Waals surface area contributed by atoms with Gasteiger partial charge in [-0.05, 0) is 42.9 Å².